The molecule has 1 N–H and O–H groups in total. The molecule has 128 valence electrons. The average molecular weight is 345 g/mol. The van der Waals surface area contributed by atoms with Crippen LogP contribution in [0.15, 0.2) is 85.2 Å². The standard InChI is InChI=1S/C21H16FN3O/c1-3-16-17(4-2)21(26)25(20(16)13-6-5-7-14(22)10-13)15-8-9-18-19(11-15)24-12-23-18/h3-12,20H,1-2H2,(H,23,24). The van der Waals surface area contributed by atoms with Gasteiger partial charge in [-0.2, -0.15) is 0 Å². The van der Waals surface area contributed by atoms with E-state index in [0.717, 1.165) is 11.0 Å². The van der Waals surface area contributed by atoms with Crippen molar-refractivity contribution in [3.05, 3.63) is 96.6 Å². The van der Waals surface area contributed by atoms with Gasteiger partial charge in [0.25, 0.3) is 5.91 Å². The Morgan fingerprint density at radius 3 is 2.73 bits per heavy atom. The number of nitrogens with zero attached hydrogens (tertiary/aromatic N) is 2. The number of fused-ring (bicyclic) bond motifs is 1. The fourth-order valence-electron chi connectivity index (χ4n) is 3.43. The minimum atomic E-state index is -0.468. The zero-order valence-corrected chi connectivity index (χ0v) is 13.9. The summed E-state index contributed by atoms with van der Waals surface area (Å²) in [7, 11) is 0. The Hall–Kier alpha value is -3.47. The zero-order chi connectivity index (χ0) is 18.3. The minimum Gasteiger partial charge on any atom is -0.345 e. The van der Waals surface area contributed by atoms with Gasteiger partial charge in [0.2, 0.25) is 0 Å². The number of benzene rings is 2. The van der Waals surface area contributed by atoms with E-state index in [0.29, 0.717) is 22.4 Å². The largest absolute Gasteiger partial charge is 0.345 e. The van der Waals surface area contributed by atoms with Gasteiger partial charge in [-0.25, -0.2) is 9.37 Å². The van der Waals surface area contributed by atoms with Crippen LogP contribution in [0.4, 0.5) is 10.1 Å². The summed E-state index contributed by atoms with van der Waals surface area (Å²) < 4.78 is 13.8. The van der Waals surface area contributed by atoms with Crippen LogP contribution < -0.4 is 4.90 Å². The molecule has 2 heterocycles. The molecule has 0 fully saturated rings. The molecule has 1 aromatic heterocycles. The van der Waals surface area contributed by atoms with Crippen LogP contribution in [-0.2, 0) is 4.79 Å². The maximum absolute atomic E-state index is 13.8. The van der Waals surface area contributed by atoms with E-state index < -0.39 is 6.04 Å². The lowest BCUT2D eigenvalue weighted by Gasteiger charge is -2.27. The molecule has 26 heavy (non-hydrogen) atoms. The first-order valence-electron chi connectivity index (χ1n) is 8.15. The van der Waals surface area contributed by atoms with Gasteiger partial charge in [0.1, 0.15) is 5.82 Å². The van der Waals surface area contributed by atoms with Gasteiger partial charge in [-0.3, -0.25) is 9.69 Å². The zero-order valence-electron chi connectivity index (χ0n) is 13.9. The van der Waals surface area contributed by atoms with E-state index in [9.17, 15) is 9.18 Å². The summed E-state index contributed by atoms with van der Waals surface area (Å²) in [6.45, 7) is 7.61. The van der Waals surface area contributed by atoms with Crippen molar-refractivity contribution < 1.29 is 9.18 Å². The number of amides is 1. The number of carbonyl (C=O) groups is 1. The number of aromatic amines is 1. The molecule has 4 nitrogen and oxygen atoms in total. The van der Waals surface area contributed by atoms with E-state index in [2.05, 4.69) is 23.1 Å². The van der Waals surface area contributed by atoms with Crippen molar-refractivity contribution in [2.75, 3.05) is 4.90 Å². The lowest BCUT2D eigenvalue weighted by molar-refractivity contribution is -0.114. The van der Waals surface area contributed by atoms with Crippen molar-refractivity contribution >= 4 is 22.6 Å². The first-order valence-corrected chi connectivity index (χ1v) is 8.15. The summed E-state index contributed by atoms with van der Waals surface area (Å²) in [6.07, 6.45) is 4.77. The molecule has 0 bridgehead atoms. The first kappa shape index (κ1) is 16.0. The predicted molar refractivity (Wildman–Crippen MR) is 100 cm³/mol. The fourth-order valence-corrected chi connectivity index (χ4v) is 3.43. The number of aromatic nitrogens is 2. The fraction of sp³-hybridized carbons (Fsp3) is 0.0476. The van der Waals surface area contributed by atoms with Gasteiger partial charge in [-0.05, 0) is 41.5 Å². The van der Waals surface area contributed by atoms with Gasteiger partial charge in [0.15, 0.2) is 0 Å². The Kier molecular flexibility index (Phi) is 3.77. The third-order valence-corrected chi connectivity index (χ3v) is 4.58. The monoisotopic (exact) mass is 345 g/mol. The highest BCUT2D eigenvalue weighted by Crippen LogP contribution is 2.42. The Morgan fingerprint density at radius 1 is 1.15 bits per heavy atom. The van der Waals surface area contributed by atoms with Gasteiger partial charge >= 0.3 is 0 Å². The molecule has 0 spiro atoms. The summed E-state index contributed by atoms with van der Waals surface area (Å²) >= 11 is 0. The Morgan fingerprint density at radius 2 is 2.00 bits per heavy atom. The Labute approximate surface area is 150 Å². The molecule has 0 radical (unpaired) electrons. The van der Waals surface area contributed by atoms with Crippen LogP contribution in [0, 0.1) is 5.82 Å². The summed E-state index contributed by atoms with van der Waals surface area (Å²) in [5.41, 5.74) is 4.18. The molecule has 0 aliphatic carbocycles. The first-order chi connectivity index (χ1) is 12.6. The van der Waals surface area contributed by atoms with E-state index in [1.807, 2.05) is 18.2 Å². The van der Waals surface area contributed by atoms with Crippen molar-refractivity contribution in [2.24, 2.45) is 0 Å². The molecule has 1 unspecified atom stereocenters. The van der Waals surface area contributed by atoms with Crippen molar-refractivity contribution in [3.63, 3.8) is 0 Å². The van der Waals surface area contributed by atoms with Gasteiger partial charge in [-0.1, -0.05) is 37.4 Å². The normalized spacial score (nSPS) is 17.2. The number of nitrogens with one attached hydrogen (secondary N) is 1. The van der Waals surface area contributed by atoms with Gasteiger partial charge in [0, 0.05) is 11.3 Å². The number of halogens is 1. The van der Waals surface area contributed by atoms with Crippen molar-refractivity contribution in [1.29, 1.82) is 0 Å². The van der Waals surface area contributed by atoms with Crippen molar-refractivity contribution in [3.8, 4) is 0 Å². The average Bonchev–Trinajstić information content (AvgIpc) is 3.22. The number of H-pyrrole nitrogens is 1. The molecule has 1 aliphatic heterocycles. The molecule has 5 heteroatoms. The molecular weight excluding hydrogens is 329 g/mol. The second-order valence-corrected chi connectivity index (χ2v) is 6.01. The molecule has 0 saturated heterocycles. The molecule has 2 aromatic carbocycles. The maximum atomic E-state index is 13.8. The van der Waals surface area contributed by atoms with Crippen LogP contribution in [0.5, 0.6) is 0 Å². The molecule has 1 atom stereocenters. The van der Waals surface area contributed by atoms with E-state index in [1.54, 1.807) is 29.4 Å². The SMILES string of the molecule is C=CC1=C(C=C)C(c2cccc(F)c2)N(c2ccc3nc[nH]c3c2)C1=O. The highest BCUT2D eigenvalue weighted by Gasteiger charge is 2.38. The molecule has 4 rings (SSSR count). The lowest BCUT2D eigenvalue weighted by atomic mass is 9.97. The van der Waals surface area contributed by atoms with E-state index in [1.165, 1.54) is 18.2 Å². The second-order valence-electron chi connectivity index (χ2n) is 6.01. The third-order valence-electron chi connectivity index (χ3n) is 4.58. The van der Waals surface area contributed by atoms with Crippen LogP contribution in [0.2, 0.25) is 0 Å². The van der Waals surface area contributed by atoms with E-state index >= 15 is 0 Å². The van der Waals surface area contributed by atoms with Crippen LogP contribution in [-0.4, -0.2) is 15.9 Å². The van der Waals surface area contributed by atoms with Crippen LogP contribution in [0.1, 0.15) is 11.6 Å². The Bertz CT molecular complexity index is 1080. The lowest BCUT2D eigenvalue weighted by Crippen LogP contribution is -2.30. The number of imidazole rings is 1. The van der Waals surface area contributed by atoms with Crippen LogP contribution >= 0.6 is 0 Å². The molecule has 0 saturated carbocycles. The summed E-state index contributed by atoms with van der Waals surface area (Å²) in [4.78, 5) is 22.0. The maximum Gasteiger partial charge on any atom is 0.259 e. The number of hydrogen-bond donors (Lipinski definition) is 1. The molecule has 1 aliphatic rings. The van der Waals surface area contributed by atoms with Gasteiger partial charge < -0.3 is 4.98 Å². The van der Waals surface area contributed by atoms with Gasteiger partial charge in [0.05, 0.1) is 23.4 Å². The second kappa shape index (κ2) is 6.11. The molecule has 3 aromatic rings. The summed E-state index contributed by atoms with van der Waals surface area (Å²) in [5, 5.41) is 0. The predicted octanol–water partition coefficient (Wildman–Crippen LogP) is 4.46. The van der Waals surface area contributed by atoms with Crippen LogP contribution in [0.25, 0.3) is 11.0 Å². The van der Waals surface area contributed by atoms with Gasteiger partial charge in [-0.15, -0.1) is 0 Å². The molecular formula is C21H16FN3O. The number of rotatable bonds is 4. The highest BCUT2D eigenvalue weighted by atomic mass is 19.1. The molecule has 1 amide bonds. The number of anilines is 1. The Balaban J connectivity index is 1.92. The van der Waals surface area contributed by atoms with Crippen molar-refractivity contribution in [1.82, 2.24) is 9.97 Å². The van der Waals surface area contributed by atoms with E-state index in [4.69, 9.17) is 0 Å². The van der Waals surface area contributed by atoms with Crippen molar-refractivity contribution in [2.45, 2.75) is 6.04 Å². The number of carbonyl (C=O) groups excluding carboxylic acids is 1. The smallest absolute Gasteiger partial charge is 0.259 e. The summed E-state index contributed by atoms with van der Waals surface area (Å²) in [5.74, 6) is -0.544. The third kappa shape index (κ3) is 2.37. The van der Waals surface area contributed by atoms with Crippen LogP contribution in [0.3, 0.4) is 0 Å². The quantitative estimate of drug-likeness (QED) is 0.759. The number of hydrogen-bond acceptors (Lipinski definition) is 2. The minimum absolute atomic E-state index is 0.192. The summed E-state index contributed by atoms with van der Waals surface area (Å²) in [6, 6.07) is 11.3. The topological polar surface area (TPSA) is 49.0 Å². The van der Waals surface area contributed by atoms with E-state index in [-0.39, 0.29) is 11.7 Å². The highest BCUT2D eigenvalue weighted by molar-refractivity contribution is 6.13.